The molecule has 0 aromatic rings. The molecule has 0 aliphatic carbocycles. The molecule has 0 amide bonds. The first-order chi connectivity index (χ1) is 5.68. The fourth-order valence-corrected chi connectivity index (χ4v) is 1.48. The van der Waals surface area contributed by atoms with Crippen molar-refractivity contribution in [1.29, 1.82) is 0 Å². The van der Waals surface area contributed by atoms with Gasteiger partial charge in [0, 0.05) is 17.5 Å². The van der Waals surface area contributed by atoms with Gasteiger partial charge in [0.05, 0.1) is 19.3 Å². The number of nitrogens with two attached hydrogens (primary N) is 1. The van der Waals surface area contributed by atoms with E-state index < -0.39 is 0 Å². The molecule has 0 saturated heterocycles. The lowest BCUT2D eigenvalue weighted by atomic mass is 10.3. The normalized spacial score (nSPS) is 16.0. The molecule has 0 aliphatic heterocycles. The zero-order chi connectivity index (χ0) is 9.40. The van der Waals surface area contributed by atoms with Crippen LogP contribution in [-0.4, -0.2) is 42.0 Å². The van der Waals surface area contributed by atoms with Crippen LogP contribution >= 0.6 is 11.8 Å². The Morgan fingerprint density at radius 2 is 2.08 bits per heavy atom. The second kappa shape index (κ2) is 7.86. The van der Waals surface area contributed by atoms with Crippen molar-refractivity contribution in [2.24, 2.45) is 5.73 Å². The summed E-state index contributed by atoms with van der Waals surface area (Å²) in [5.74, 6) is 0.923. The molecule has 74 valence electrons. The van der Waals surface area contributed by atoms with E-state index in [-0.39, 0.29) is 11.4 Å². The molecule has 12 heavy (non-hydrogen) atoms. The van der Waals surface area contributed by atoms with Crippen LogP contribution in [0.3, 0.4) is 0 Å². The van der Waals surface area contributed by atoms with E-state index in [2.05, 4.69) is 0 Å². The average molecular weight is 193 g/mol. The monoisotopic (exact) mass is 193 g/mol. The number of aliphatic hydroxyl groups is 1. The number of ether oxygens (including phenoxy) is 1. The van der Waals surface area contributed by atoms with Crippen molar-refractivity contribution in [1.82, 2.24) is 0 Å². The maximum Gasteiger partial charge on any atom is 0.0628 e. The van der Waals surface area contributed by atoms with Gasteiger partial charge in [-0.2, -0.15) is 11.8 Å². The minimum atomic E-state index is -0.246. The van der Waals surface area contributed by atoms with Crippen molar-refractivity contribution in [2.75, 3.05) is 25.5 Å². The molecule has 0 fully saturated rings. The van der Waals surface area contributed by atoms with Gasteiger partial charge in [-0.15, -0.1) is 0 Å². The highest BCUT2D eigenvalue weighted by Gasteiger charge is 2.07. The molecule has 2 unspecified atom stereocenters. The van der Waals surface area contributed by atoms with Gasteiger partial charge >= 0.3 is 0 Å². The van der Waals surface area contributed by atoms with Crippen LogP contribution in [0.2, 0.25) is 0 Å². The summed E-state index contributed by atoms with van der Waals surface area (Å²) in [5, 5.41) is 9.43. The highest BCUT2D eigenvalue weighted by molar-refractivity contribution is 7.99. The van der Waals surface area contributed by atoms with E-state index in [1.807, 2.05) is 6.92 Å². The highest BCUT2D eigenvalue weighted by atomic mass is 32.2. The molecular weight excluding hydrogens is 174 g/mol. The van der Waals surface area contributed by atoms with E-state index in [0.29, 0.717) is 13.2 Å². The Hall–Kier alpha value is 0.230. The van der Waals surface area contributed by atoms with Crippen LogP contribution in [0, 0.1) is 0 Å². The number of rotatable bonds is 7. The van der Waals surface area contributed by atoms with Gasteiger partial charge in [0.1, 0.15) is 0 Å². The Kier molecular flexibility index (Phi) is 8.01. The summed E-state index contributed by atoms with van der Waals surface area (Å²) in [6.07, 6.45) is -0.246. The molecule has 0 saturated carbocycles. The van der Waals surface area contributed by atoms with Crippen LogP contribution in [-0.2, 0) is 4.74 Å². The molecule has 0 heterocycles. The molecule has 3 nitrogen and oxygen atoms in total. The van der Waals surface area contributed by atoms with Crippen molar-refractivity contribution in [3.05, 3.63) is 0 Å². The topological polar surface area (TPSA) is 55.5 Å². The van der Waals surface area contributed by atoms with Crippen LogP contribution in [0.15, 0.2) is 0 Å². The van der Waals surface area contributed by atoms with Gasteiger partial charge in [0.15, 0.2) is 0 Å². The zero-order valence-electron chi connectivity index (χ0n) is 7.82. The summed E-state index contributed by atoms with van der Waals surface area (Å²) < 4.78 is 5.19. The van der Waals surface area contributed by atoms with Crippen molar-refractivity contribution >= 4 is 11.8 Å². The fourth-order valence-electron chi connectivity index (χ4n) is 0.618. The molecule has 0 aliphatic rings. The molecule has 2 atom stereocenters. The van der Waals surface area contributed by atoms with Gasteiger partial charge in [0.25, 0.3) is 0 Å². The first-order valence-electron chi connectivity index (χ1n) is 4.26. The largest absolute Gasteiger partial charge is 0.392 e. The Morgan fingerprint density at radius 1 is 1.42 bits per heavy atom. The molecule has 4 heteroatoms. The van der Waals surface area contributed by atoms with Crippen LogP contribution in [0.25, 0.3) is 0 Å². The minimum Gasteiger partial charge on any atom is -0.392 e. The van der Waals surface area contributed by atoms with E-state index in [4.69, 9.17) is 15.6 Å². The number of hydrogen-bond donors (Lipinski definition) is 2. The van der Waals surface area contributed by atoms with E-state index in [1.165, 1.54) is 0 Å². The smallest absolute Gasteiger partial charge is 0.0628 e. The minimum absolute atomic E-state index is 0.246. The summed E-state index contributed by atoms with van der Waals surface area (Å²) >= 11 is 1.72. The predicted molar refractivity (Wildman–Crippen MR) is 53.5 cm³/mol. The van der Waals surface area contributed by atoms with E-state index >= 15 is 0 Å². The average Bonchev–Trinajstić information content (AvgIpc) is 2.03. The van der Waals surface area contributed by atoms with Gasteiger partial charge in [-0.1, -0.05) is 6.92 Å². The summed E-state index contributed by atoms with van der Waals surface area (Å²) in [4.78, 5) is 0. The van der Waals surface area contributed by atoms with Crippen LogP contribution < -0.4 is 5.73 Å². The van der Waals surface area contributed by atoms with Gasteiger partial charge in [-0.05, 0) is 6.92 Å². The number of hydrogen-bond acceptors (Lipinski definition) is 4. The SMILES string of the molecule is CC(O)C(C)SCCOCCN. The third kappa shape index (κ3) is 6.91. The third-order valence-corrected chi connectivity index (χ3v) is 2.87. The van der Waals surface area contributed by atoms with Gasteiger partial charge in [-0.3, -0.25) is 0 Å². The molecule has 0 spiro atoms. The summed E-state index contributed by atoms with van der Waals surface area (Å²) in [6.45, 7) is 5.75. The Balaban J connectivity index is 3.08. The first-order valence-corrected chi connectivity index (χ1v) is 5.30. The standard InChI is InChI=1S/C8H19NO2S/c1-7(10)8(2)12-6-5-11-4-3-9/h7-8,10H,3-6,9H2,1-2H3. The first kappa shape index (κ1) is 12.2. The Labute approximate surface area is 78.7 Å². The molecule has 0 radical (unpaired) electrons. The molecule has 0 bridgehead atoms. The second-order valence-electron chi connectivity index (χ2n) is 2.72. The van der Waals surface area contributed by atoms with Gasteiger partial charge in [-0.25, -0.2) is 0 Å². The highest BCUT2D eigenvalue weighted by Crippen LogP contribution is 2.13. The summed E-state index contributed by atoms with van der Waals surface area (Å²) in [7, 11) is 0. The molecule has 0 aromatic carbocycles. The number of thioether (sulfide) groups is 1. The summed E-state index contributed by atoms with van der Waals surface area (Å²) in [5.41, 5.74) is 5.25. The lowest BCUT2D eigenvalue weighted by Crippen LogP contribution is -2.17. The maximum absolute atomic E-state index is 9.14. The second-order valence-corrected chi connectivity index (χ2v) is 4.20. The maximum atomic E-state index is 9.14. The predicted octanol–water partition coefficient (Wildman–Crippen LogP) is 0.464. The quantitative estimate of drug-likeness (QED) is 0.577. The van der Waals surface area contributed by atoms with Crippen molar-refractivity contribution in [2.45, 2.75) is 25.2 Å². The van der Waals surface area contributed by atoms with E-state index in [1.54, 1.807) is 18.7 Å². The zero-order valence-corrected chi connectivity index (χ0v) is 8.64. The van der Waals surface area contributed by atoms with Crippen molar-refractivity contribution < 1.29 is 9.84 Å². The molecular formula is C8H19NO2S. The van der Waals surface area contributed by atoms with Gasteiger partial charge in [0.2, 0.25) is 0 Å². The lowest BCUT2D eigenvalue weighted by Gasteiger charge is -2.13. The van der Waals surface area contributed by atoms with E-state index in [0.717, 1.165) is 12.4 Å². The Morgan fingerprint density at radius 3 is 2.58 bits per heavy atom. The van der Waals surface area contributed by atoms with Crippen LogP contribution in [0.1, 0.15) is 13.8 Å². The van der Waals surface area contributed by atoms with Crippen molar-refractivity contribution in [3.63, 3.8) is 0 Å². The summed E-state index contributed by atoms with van der Waals surface area (Å²) in [6, 6.07) is 0. The van der Waals surface area contributed by atoms with Gasteiger partial charge < -0.3 is 15.6 Å². The van der Waals surface area contributed by atoms with Crippen LogP contribution in [0.4, 0.5) is 0 Å². The van der Waals surface area contributed by atoms with Crippen LogP contribution in [0.5, 0.6) is 0 Å². The number of aliphatic hydroxyl groups excluding tert-OH is 1. The Bertz CT molecular complexity index is 101. The molecule has 0 aromatic heterocycles. The fraction of sp³-hybridized carbons (Fsp3) is 1.00. The molecule has 3 N–H and O–H groups in total. The van der Waals surface area contributed by atoms with Crippen molar-refractivity contribution in [3.8, 4) is 0 Å². The third-order valence-electron chi connectivity index (χ3n) is 1.55. The molecule has 0 rings (SSSR count). The van der Waals surface area contributed by atoms with E-state index in [9.17, 15) is 0 Å². The lowest BCUT2D eigenvalue weighted by molar-refractivity contribution is 0.157.